The number of carbonyl (C=O) groups is 2. The molecule has 0 atom stereocenters. The molecule has 0 unspecified atom stereocenters. The van der Waals surface area contributed by atoms with Crippen molar-refractivity contribution < 1.29 is 9.59 Å². The SMILES string of the molecule is O=C(CCCc1ccccc1)N1CCN(C(=O)CC(c2ccccc2)c2ccccc2)CC1. The van der Waals surface area contributed by atoms with Gasteiger partial charge in [-0.25, -0.2) is 0 Å². The quantitative estimate of drug-likeness (QED) is 0.500. The predicted octanol–water partition coefficient (Wildman–Crippen LogP) is 4.90. The second kappa shape index (κ2) is 11.5. The lowest BCUT2D eigenvalue weighted by atomic mass is 9.88. The number of piperazine rings is 1. The van der Waals surface area contributed by atoms with E-state index >= 15 is 0 Å². The minimum Gasteiger partial charge on any atom is -0.339 e. The van der Waals surface area contributed by atoms with Gasteiger partial charge in [-0.3, -0.25) is 9.59 Å². The molecule has 0 saturated carbocycles. The standard InChI is InChI=1S/C29H32N2O2/c32-28(18-10-13-24-11-4-1-5-12-24)30-19-21-31(22-20-30)29(33)23-27(25-14-6-2-7-15-25)26-16-8-3-9-17-26/h1-9,11-12,14-17,27H,10,13,18-23H2. The van der Waals surface area contributed by atoms with Crippen molar-refractivity contribution in [1.82, 2.24) is 9.80 Å². The molecule has 3 aromatic carbocycles. The fourth-order valence-corrected chi connectivity index (χ4v) is 4.55. The Labute approximate surface area is 196 Å². The number of rotatable bonds is 8. The molecule has 0 N–H and O–H groups in total. The first-order valence-corrected chi connectivity index (χ1v) is 11.9. The molecular weight excluding hydrogens is 408 g/mol. The molecule has 1 aliphatic heterocycles. The summed E-state index contributed by atoms with van der Waals surface area (Å²) in [5.41, 5.74) is 3.58. The number of nitrogens with zero attached hydrogens (tertiary/aromatic N) is 2. The molecule has 4 rings (SSSR count). The van der Waals surface area contributed by atoms with Gasteiger partial charge in [0.2, 0.25) is 11.8 Å². The van der Waals surface area contributed by atoms with Crippen molar-refractivity contribution in [2.24, 2.45) is 0 Å². The molecule has 33 heavy (non-hydrogen) atoms. The summed E-state index contributed by atoms with van der Waals surface area (Å²) >= 11 is 0. The summed E-state index contributed by atoms with van der Waals surface area (Å²) in [5, 5.41) is 0. The van der Waals surface area contributed by atoms with Crippen molar-refractivity contribution in [2.45, 2.75) is 31.6 Å². The fourth-order valence-electron chi connectivity index (χ4n) is 4.55. The molecule has 0 aromatic heterocycles. The van der Waals surface area contributed by atoms with Crippen molar-refractivity contribution >= 4 is 11.8 Å². The molecule has 1 saturated heterocycles. The molecule has 4 heteroatoms. The maximum atomic E-state index is 13.2. The van der Waals surface area contributed by atoms with E-state index in [0.717, 1.165) is 24.0 Å². The van der Waals surface area contributed by atoms with E-state index in [1.54, 1.807) is 0 Å². The number of hydrogen-bond acceptors (Lipinski definition) is 2. The first kappa shape index (κ1) is 22.8. The van der Waals surface area contributed by atoms with E-state index in [1.807, 2.05) is 64.4 Å². The third-order valence-corrected chi connectivity index (χ3v) is 6.47. The summed E-state index contributed by atoms with van der Waals surface area (Å²) in [6, 6.07) is 30.8. The van der Waals surface area contributed by atoms with Crippen molar-refractivity contribution in [3.8, 4) is 0 Å². The number of aryl methyl sites for hydroxylation is 1. The number of carbonyl (C=O) groups excluding carboxylic acids is 2. The highest BCUT2D eigenvalue weighted by molar-refractivity contribution is 5.79. The Morgan fingerprint density at radius 2 is 1.09 bits per heavy atom. The van der Waals surface area contributed by atoms with E-state index in [0.29, 0.717) is 39.0 Å². The molecule has 2 amide bonds. The molecular formula is C29H32N2O2. The van der Waals surface area contributed by atoms with E-state index in [9.17, 15) is 9.59 Å². The van der Waals surface area contributed by atoms with Gasteiger partial charge in [0.15, 0.2) is 0 Å². The zero-order valence-electron chi connectivity index (χ0n) is 19.1. The van der Waals surface area contributed by atoms with Crippen molar-refractivity contribution in [3.63, 3.8) is 0 Å². The van der Waals surface area contributed by atoms with Crippen molar-refractivity contribution in [2.75, 3.05) is 26.2 Å². The van der Waals surface area contributed by atoms with E-state index in [4.69, 9.17) is 0 Å². The summed E-state index contributed by atoms with van der Waals surface area (Å²) in [6.45, 7) is 2.47. The number of amides is 2. The second-order valence-corrected chi connectivity index (χ2v) is 8.68. The molecule has 0 radical (unpaired) electrons. The highest BCUT2D eigenvalue weighted by Gasteiger charge is 2.26. The van der Waals surface area contributed by atoms with Crippen LogP contribution in [0.15, 0.2) is 91.0 Å². The highest BCUT2D eigenvalue weighted by Crippen LogP contribution is 2.28. The Morgan fingerprint density at radius 3 is 1.61 bits per heavy atom. The van der Waals surface area contributed by atoms with Gasteiger partial charge in [-0.15, -0.1) is 0 Å². The molecule has 170 valence electrons. The van der Waals surface area contributed by atoms with Gasteiger partial charge in [-0.1, -0.05) is 91.0 Å². The van der Waals surface area contributed by atoms with Gasteiger partial charge < -0.3 is 9.80 Å². The predicted molar refractivity (Wildman–Crippen MR) is 132 cm³/mol. The van der Waals surface area contributed by atoms with Crippen LogP contribution >= 0.6 is 0 Å². The maximum Gasteiger partial charge on any atom is 0.223 e. The lowest BCUT2D eigenvalue weighted by Gasteiger charge is -2.35. The molecule has 0 aliphatic carbocycles. The van der Waals surface area contributed by atoms with Crippen LogP contribution in [0.25, 0.3) is 0 Å². The normalized spacial score (nSPS) is 13.8. The van der Waals surface area contributed by atoms with Crippen LogP contribution in [0.4, 0.5) is 0 Å². The van der Waals surface area contributed by atoms with Crippen LogP contribution in [0.3, 0.4) is 0 Å². The molecule has 4 nitrogen and oxygen atoms in total. The lowest BCUT2D eigenvalue weighted by molar-refractivity contribution is -0.139. The Balaban J connectivity index is 1.28. The molecule has 1 aliphatic rings. The van der Waals surface area contributed by atoms with Gasteiger partial charge in [0.1, 0.15) is 0 Å². The Bertz CT molecular complexity index is 974. The molecule has 1 fully saturated rings. The minimum absolute atomic E-state index is 0.0394. The van der Waals surface area contributed by atoms with Crippen LogP contribution < -0.4 is 0 Å². The zero-order valence-corrected chi connectivity index (χ0v) is 19.1. The highest BCUT2D eigenvalue weighted by atomic mass is 16.2. The summed E-state index contributed by atoms with van der Waals surface area (Å²) in [6.07, 6.45) is 2.79. The maximum absolute atomic E-state index is 13.2. The third-order valence-electron chi connectivity index (χ3n) is 6.47. The summed E-state index contributed by atoms with van der Waals surface area (Å²) in [7, 11) is 0. The number of hydrogen-bond donors (Lipinski definition) is 0. The van der Waals surface area contributed by atoms with Gasteiger partial charge in [0.05, 0.1) is 0 Å². The fraction of sp³-hybridized carbons (Fsp3) is 0.310. The Morgan fingerprint density at radius 1 is 0.636 bits per heavy atom. The Hall–Kier alpha value is -3.40. The molecule has 0 bridgehead atoms. The zero-order chi connectivity index (χ0) is 22.9. The van der Waals surface area contributed by atoms with E-state index in [2.05, 4.69) is 36.4 Å². The topological polar surface area (TPSA) is 40.6 Å². The van der Waals surface area contributed by atoms with Crippen LogP contribution in [0.1, 0.15) is 41.9 Å². The lowest BCUT2D eigenvalue weighted by Crippen LogP contribution is -2.50. The van der Waals surface area contributed by atoms with E-state index in [-0.39, 0.29) is 17.7 Å². The van der Waals surface area contributed by atoms with Crippen molar-refractivity contribution in [1.29, 1.82) is 0 Å². The van der Waals surface area contributed by atoms with Gasteiger partial charge in [-0.05, 0) is 29.5 Å². The second-order valence-electron chi connectivity index (χ2n) is 8.68. The molecule has 1 heterocycles. The molecule has 3 aromatic rings. The first-order valence-electron chi connectivity index (χ1n) is 11.9. The Kier molecular flexibility index (Phi) is 7.91. The van der Waals surface area contributed by atoms with E-state index in [1.165, 1.54) is 5.56 Å². The van der Waals surface area contributed by atoms with E-state index < -0.39 is 0 Å². The monoisotopic (exact) mass is 440 g/mol. The van der Waals surface area contributed by atoms with Crippen LogP contribution in [0.2, 0.25) is 0 Å². The van der Waals surface area contributed by atoms with Gasteiger partial charge in [-0.2, -0.15) is 0 Å². The van der Waals surface area contributed by atoms with Crippen LogP contribution in [0.5, 0.6) is 0 Å². The first-order chi connectivity index (χ1) is 16.2. The molecule has 0 spiro atoms. The number of benzene rings is 3. The van der Waals surface area contributed by atoms with Gasteiger partial charge in [0.25, 0.3) is 0 Å². The van der Waals surface area contributed by atoms with Crippen LogP contribution in [-0.2, 0) is 16.0 Å². The van der Waals surface area contributed by atoms with Gasteiger partial charge >= 0.3 is 0 Å². The van der Waals surface area contributed by atoms with Crippen LogP contribution in [0, 0.1) is 0 Å². The largest absolute Gasteiger partial charge is 0.339 e. The summed E-state index contributed by atoms with van der Waals surface area (Å²) in [4.78, 5) is 29.7. The van der Waals surface area contributed by atoms with Crippen LogP contribution in [-0.4, -0.2) is 47.8 Å². The summed E-state index contributed by atoms with van der Waals surface area (Å²) in [5.74, 6) is 0.394. The van der Waals surface area contributed by atoms with Crippen molar-refractivity contribution in [3.05, 3.63) is 108 Å². The van der Waals surface area contributed by atoms with Gasteiger partial charge in [0, 0.05) is 44.9 Å². The average molecular weight is 441 g/mol. The minimum atomic E-state index is 0.0394. The average Bonchev–Trinajstić information content (AvgIpc) is 2.89. The third kappa shape index (κ3) is 6.32. The summed E-state index contributed by atoms with van der Waals surface area (Å²) < 4.78 is 0. The smallest absolute Gasteiger partial charge is 0.223 e.